The Kier molecular flexibility index (Phi) is 5.15. The first-order valence-corrected chi connectivity index (χ1v) is 10.2. The van der Waals surface area contributed by atoms with Crippen LogP contribution in [0.25, 0.3) is 21.9 Å². The van der Waals surface area contributed by atoms with Crippen molar-refractivity contribution in [3.63, 3.8) is 0 Å². The third-order valence-electron chi connectivity index (χ3n) is 4.20. The first-order chi connectivity index (χ1) is 13.5. The van der Waals surface area contributed by atoms with E-state index in [2.05, 4.69) is 36.2 Å². The Labute approximate surface area is 173 Å². The molecule has 0 fully saturated rings. The number of carbonyl (C=O) groups excluding carboxylic acids is 2. The van der Waals surface area contributed by atoms with Gasteiger partial charge in [0.2, 0.25) is 5.91 Å². The highest BCUT2D eigenvalue weighted by molar-refractivity contribution is 9.10. The van der Waals surface area contributed by atoms with E-state index in [0.717, 1.165) is 26.4 Å². The number of hydrogen-bond acceptors (Lipinski definition) is 5. The maximum absolute atomic E-state index is 12.3. The van der Waals surface area contributed by atoms with E-state index in [1.807, 2.05) is 18.2 Å². The Morgan fingerprint density at radius 3 is 2.86 bits per heavy atom. The van der Waals surface area contributed by atoms with Crippen LogP contribution in [0, 0.1) is 0 Å². The lowest BCUT2D eigenvalue weighted by molar-refractivity contribution is -0.113. The minimum atomic E-state index is -0.170. The zero-order valence-corrected chi connectivity index (χ0v) is 17.2. The van der Waals surface area contributed by atoms with Crippen molar-refractivity contribution in [1.29, 1.82) is 0 Å². The van der Waals surface area contributed by atoms with Gasteiger partial charge in [-0.1, -0.05) is 39.8 Å². The SMILES string of the molecule is CC(=O)c1cccc(NC(=O)CSc2ncnc3c2[nH]c2ccc(Br)cc23)c1. The van der Waals surface area contributed by atoms with Crippen LogP contribution in [-0.2, 0) is 4.79 Å². The predicted octanol–water partition coefficient (Wildman–Crippen LogP) is 4.81. The van der Waals surface area contributed by atoms with Crippen molar-refractivity contribution in [3.05, 3.63) is 58.8 Å². The van der Waals surface area contributed by atoms with Gasteiger partial charge >= 0.3 is 0 Å². The highest BCUT2D eigenvalue weighted by Gasteiger charge is 2.13. The maximum Gasteiger partial charge on any atom is 0.234 e. The number of benzene rings is 2. The minimum Gasteiger partial charge on any atom is -0.351 e. The number of H-pyrrole nitrogens is 1. The number of amides is 1. The highest BCUT2D eigenvalue weighted by Crippen LogP contribution is 2.31. The smallest absolute Gasteiger partial charge is 0.234 e. The summed E-state index contributed by atoms with van der Waals surface area (Å²) in [5.41, 5.74) is 3.76. The molecule has 28 heavy (non-hydrogen) atoms. The second-order valence-electron chi connectivity index (χ2n) is 6.19. The molecule has 0 spiro atoms. The average molecular weight is 455 g/mol. The van der Waals surface area contributed by atoms with Crippen LogP contribution in [0.3, 0.4) is 0 Å². The Hall–Kier alpha value is -2.71. The van der Waals surface area contributed by atoms with Gasteiger partial charge in [0.15, 0.2) is 5.78 Å². The van der Waals surface area contributed by atoms with Crippen molar-refractivity contribution in [1.82, 2.24) is 15.0 Å². The Balaban J connectivity index is 1.52. The molecule has 0 saturated heterocycles. The lowest BCUT2D eigenvalue weighted by atomic mass is 10.1. The molecule has 0 aliphatic heterocycles. The molecule has 1 amide bonds. The molecular formula is C20H15BrN4O2S. The van der Waals surface area contributed by atoms with Crippen LogP contribution < -0.4 is 5.32 Å². The van der Waals surface area contributed by atoms with E-state index in [1.54, 1.807) is 24.3 Å². The summed E-state index contributed by atoms with van der Waals surface area (Å²) in [7, 11) is 0. The monoisotopic (exact) mass is 454 g/mol. The summed E-state index contributed by atoms with van der Waals surface area (Å²) < 4.78 is 0.973. The van der Waals surface area contributed by atoms with Crippen LogP contribution in [0.1, 0.15) is 17.3 Å². The molecule has 2 aromatic carbocycles. The van der Waals surface area contributed by atoms with Gasteiger partial charge in [-0.3, -0.25) is 9.59 Å². The molecule has 0 saturated carbocycles. The van der Waals surface area contributed by atoms with Crippen LogP contribution in [0.5, 0.6) is 0 Å². The van der Waals surface area contributed by atoms with E-state index in [4.69, 9.17) is 0 Å². The number of rotatable bonds is 5. The molecule has 4 aromatic rings. The third kappa shape index (κ3) is 3.79. The number of ketones is 1. The van der Waals surface area contributed by atoms with Crippen LogP contribution >= 0.6 is 27.7 Å². The van der Waals surface area contributed by atoms with E-state index in [9.17, 15) is 9.59 Å². The van der Waals surface area contributed by atoms with E-state index in [-0.39, 0.29) is 17.4 Å². The fraction of sp³-hybridized carbons (Fsp3) is 0.100. The average Bonchev–Trinajstić information content (AvgIpc) is 3.05. The number of aromatic amines is 1. The molecule has 2 heterocycles. The van der Waals surface area contributed by atoms with Gasteiger partial charge in [0.1, 0.15) is 16.9 Å². The van der Waals surface area contributed by atoms with Gasteiger partial charge in [-0.05, 0) is 37.3 Å². The number of aromatic nitrogens is 3. The molecule has 2 N–H and O–H groups in total. The summed E-state index contributed by atoms with van der Waals surface area (Å²) in [6, 6.07) is 12.8. The van der Waals surface area contributed by atoms with Gasteiger partial charge in [0, 0.05) is 26.6 Å². The molecule has 0 atom stereocenters. The Morgan fingerprint density at radius 1 is 1.18 bits per heavy atom. The zero-order chi connectivity index (χ0) is 19.7. The number of carbonyl (C=O) groups is 2. The number of anilines is 1. The minimum absolute atomic E-state index is 0.0423. The van der Waals surface area contributed by atoms with Gasteiger partial charge in [0.25, 0.3) is 0 Å². The largest absolute Gasteiger partial charge is 0.351 e. The first kappa shape index (κ1) is 18.6. The predicted molar refractivity (Wildman–Crippen MR) is 115 cm³/mol. The van der Waals surface area contributed by atoms with Crippen molar-refractivity contribution in [2.75, 3.05) is 11.1 Å². The van der Waals surface area contributed by atoms with Gasteiger partial charge in [-0.2, -0.15) is 0 Å². The van der Waals surface area contributed by atoms with E-state index < -0.39 is 0 Å². The molecular weight excluding hydrogens is 440 g/mol. The number of Topliss-reactive ketones (excluding diaryl/α,β-unsaturated/α-hetero) is 1. The van der Waals surface area contributed by atoms with Crippen molar-refractivity contribution in [3.8, 4) is 0 Å². The normalized spacial score (nSPS) is 11.1. The third-order valence-corrected chi connectivity index (χ3v) is 5.68. The quantitative estimate of drug-likeness (QED) is 0.256. The highest BCUT2D eigenvalue weighted by atomic mass is 79.9. The number of hydrogen-bond donors (Lipinski definition) is 2. The van der Waals surface area contributed by atoms with Gasteiger partial charge in [-0.25, -0.2) is 9.97 Å². The van der Waals surface area contributed by atoms with Gasteiger partial charge < -0.3 is 10.3 Å². The van der Waals surface area contributed by atoms with Gasteiger partial charge in [-0.15, -0.1) is 0 Å². The molecule has 0 bridgehead atoms. The summed E-state index contributed by atoms with van der Waals surface area (Å²) >= 11 is 4.81. The van der Waals surface area contributed by atoms with Crippen LogP contribution in [0.2, 0.25) is 0 Å². The van der Waals surface area contributed by atoms with E-state index in [1.165, 1.54) is 25.0 Å². The summed E-state index contributed by atoms with van der Waals surface area (Å²) in [4.78, 5) is 35.9. The fourth-order valence-corrected chi connectivity index (χ4v) is 4.01. The zero-order valence-electron chi connectivity index (χ0n) is 14.8. The number of halogens is 1. The maximum atomic E-state index is 12.3. The van der Waals surface area contributed by atoms with Crippen molar-refractivity contribution < 1.29 is 9.59 Å². The van der Waals surface area contributed by atoms with Crippen molar-refractivity contribution >= 4 is 67.0 Å². The lowest BCUT2D eigenvalue weighted by Crippen LogP contribution is -2.14. The lowest BCUT2D eigenvalue weighted by Gasteiger charge is -2.06. The molecule has 0 radical (unpaired) electrons. The Bertz CT molecular complexity index is 1220. The second-order valence-corrected chi connectivity index (χ2v) is 8.07. The summed E-state index contributed by atoms with van der Waals surface area (Å²) in [6.45, 7) is 1.50. The van der Waals surface area contributed by atoms with Crippen LogP contribution in [0.4, 0.5) is 5.69 Å². The topological polar surface area (TPSA) is 87.7 Å². The van der Waals surface area contributed by atoms with Crippen molar-refractivity contribution in [2.24, 2.45) is 0 Å². The van der Waals surface area contributed by atoms with Crippen LogP contribution in [0.15, 0.2) is 58.3 Å². The molecule has 0 unspecified atom stereocenters. The molecule has 8 heteroatoms. The van der Waals surface area contributed by atoms with Crippen molar-refractivity contribution in [2.45, 2.75) is 11.9 Å². The van der Waals surface area contributed by atoms with Gasteiger partial charge in [0.05, 0.1) is 11.3 Å². The summed E-state index contributed by atoms with van der Waals surface area (Å²) in [6.07, 6.45) is 1.51. The standard InChI is InChI=1S/C20H15BrN4O2S/c1-11(26)12-3-2-4-14(7-12)24-17(27)9-28-20-19-18(22-10-23-20)15-8-13(21)5-6-16(15)25-19/h2-8,10,25H,9H2,1H3,(H,24,27). The molecule has 6 nitrogen and oxygen atoms in total. The fourth-order valence-electron chi connectivity index (χ4n) is 2.90. The summed E-state index contributed by atoms with van der Waals surface area (Å²) in [5, 5.41) is 4.53. The van der Waals surface area contributed by atoms with Crippen LogP contribution in [-0.4, -0.2) is 32.4 Å². The summed E-state index contributed by atoms with van der Waals surface area (Å²) in [5.74, 6) is -0.0224. The molecule has 2 aromatic heterocycles. The van der Waals surface area contributed by atoms with E-state index in [0.29, 0.717) is 16.3 Å². The molecule has 140 valence electrons. The Morgan fingerprint density at radius 2 is 2.04 bits per heavy atom. The number of nitrogens with one attached hydrogen (secondary N) is 2. The number of nitrogens with zero attached hydrogens (tertiary/aromatic N) is 2. The second kappa shape index (κ2) is 7.73. The molecule has 0 aliphatic carbocycles. The number of fused-ring (bicyclic) bond motifs is 3. The van der Waals surface area contributed by atoms with E-state index >= 15 is 0 Å². The molecule has 0 aliphatic rings. The first-order valence-electron chi connectivity index (χ1n) is 8.47. The number of thioether (sulfide) groups is 1. The molecule has 4 rings (SSSR count).